The lowest BCUT2D eigenvalue weighted by Crippen LogP contribution is -2.22. The number of nitrogens with zero attached hydrogens (tertiary/aromatic N) is 3. The molecule has 0 radical (unpaired) electrons. The van der Waals surface area contributed by atoms with Gasteiger partial charge in [-0.15, -0.1) is 0 Å². The number of benzene rings is 1. The highest BCUT2D eigenvalue weighted by Crippen LogP contribution is 2.28. The van der Waals surface area contributed by atoms with E-state index in [9.17, 15) is 10.1 Å². The number of fused-ring (bicyclic) bond motifs is 1. The smallest absolute Gasteiger partial charge is 0.358 e. The van der Waals surface area contributed by atoms with Crippen LogP contribution in [0.3, 0.4) is 0 Å². The third-order valence-electron chi connectivity index (χ3n) is 2.38. The number of aromatic nitrogens is 2. The van der Waals surface area contributed by atoms with Gasteiger partial charge in [0.2, 0.25) is 0 Å². The molecule has 84 valence electrons. The van der Waals surface area contributed by atoms with E-state index in [1.165, 1.54) is 0 Å². The van der Waals surface area contributed by atoms with Gasteiger partial charge in [-0.2, -0.15) is 4.68 Å². The first-order chi connectivity index (χ1) is 7.41. The zero-order chi connectivity index (χ0) is 11.9. The van der Waals surface area contributed by atoms with Crippen LogP contribution in [0.4, 0.5) is 5.82 Å². The largest absolute Gasteiger partial charge is 0.397 e. The highest BCUT2D eigenvalue weighted by atomic mass is 16.6. The van der Waals surface area contributed by atoms with Crippen molar-refractivity contribution in [2.45, 2.75) is 26.3 Å². The molecule has 0 aliphatic carbocycles. The van der Waals surface area contributed by atoms with Gasteiger partial charge in [0.05, 0.1) is 16.2 Å². The van der Waals surface area contributed by atoms with Gasteiger partial charge in [0.15, 0.2) is 0 Å². The molecule has 2 rings (SSSR count). The molecule has 0 bridgehead atoms. The molecular weight excluding hydrogens is 206 g/mol. The molecule has 1 heterocycles. The van der Waals surface area contributed by atoms with Gasteiger partial charge in [-0.3, -0.25) is 0 Å². The second-order valence-corrected chi connectivity index (χ2v) is 4.68. The van der Waals surface area contributed by atoms with Gasteiger partial charge >= 0.3 is 5.82 Å². The van der Waals surface area contributed by atoms with E-state index in [1.54, 1.807) is 16.8 Å². The Morgan fingerprint density at radius 3 is 2.50 bits per heavy atom. The van der Waals surface area contributed by atoms with Crippen LogP contribution in [0.2, 0.25) is 0 Å². The van der Waals surface area contributed by atoms with E-state index in [0.717, 1.165) is 5.52 Å². The van der Waals surface area contributed by atoms with E-state index in [-0.39, 0.29) is 11.4 Å². The Morgan fingerprint density at radius 2 is 1.94 bits per heavy atom. The molecule has 0 aliphatic heterocycles. The second kappa shape index (κ2) is 3.30. The molecule has 0 amide bonds. The Labute approximate surface area is 92.8 Å². The van der Waals surface area contributed by atoms with Crippen LogP contribution in [0.1, 0.15) is 20.8 Å². The Morgan fingerprint density at radius 1 is 1.31 bits per heavy atom. The fraction of sp³-hybridized carbons (Fsp3) is 0.364. The van der Waals surface area contributed by atoms with Gasteiger partial charge in [0.25, 0.3) is 0 Å². The Balaban J connectivity index is 2.82. The maximum absolute atomic E-state index is 10.9. The molecule has 0 aliphatic rings. The van der Waals surface area contributed by atoms with Crippen LogP contribution >= 0.6 is 0 Å². The first-order valence-electron chi connectivity index (χ1n) is 5.04. The number of hydrogen-bond acceptors (Lipinski definition) is 3. The molecule has 0 fully saturated rings. The normalized spacial score (nSPS) is 11.9. The zero-order valence-electron chi connectivity index (χ0n) is 9.47. The predicted octanol–water partition coefficient (Wildman–Crippen LogP) is 2.70. The summed E-state index contributed by atoms with van der Waals surface area (Å²) < 4.78 is 1.69. The summed E-state index contributed by atoms with van der Waals surface area (Å²) in [6.45, 7) is 5.91. The lowest BCUT2D eigenvalue weighted by Gasteiger charge is -2.15. The van der Waals surface area contributed by atoms with Crippen LogP contribution in [-0.2, 0) is 5.54 Å². The maximum atomic E-state index is 10.9. The average molecular weight is 219 g/mol. The number of nitro groups is 1. The van der Waals surface area contributed by atoms with Crippen molar-refractivity contribution in [1.82, 2.24) is 9.78 Å². The fourth-order valence-corrected chi connectivity index (χ4v) is 1.70. The third kappa shape index (κ3) is 1.54. The van der Waals surface area contributed by atoms with E-state index in [1.807, 2.05) is 32.9 Å². The summed E-state index contributed by atoms with van der Waals surface area (Å²) in [5, 5.41) is 15.5. The maximum Gasteiger partial charge on any atom is 0.397 e. The fourth-order valence-electron chi connectivity index (χ4n) is 1.70. The third-order valence-corrected chi connectivity index (χ3v) is 2.38. The van der Waals surface area contributed by atoms with Crippen molar-refractivity contribution in [2.75, 3.05) is 0 Å². The van der Waals surface area contributed by atoms with E-state index < -0.39 is 4.92 Å². The molecule has 5 nitrogen and oxygen atoms in total. The first kappa shape index (κ1) is 10.6. The average Bonchev–Trinajstić information content (AvgIpc) is 2.56. The molecule has 2 aromatic rings. The minimum Gasteiger partial charge on any atom is -0.358 e. The highest BCUT2D eigenvalue weighted by Gasteiger charge is 2.27. The van der Waals surface area contributed by atoms with E-state index in [2.05, 4.69) is 5.10 Å². The highest BCUT2D eigenvalue weighted by molar-refractivity contribution is 5.87. The monoisotopic (exact) mass is 219 g/mol. The SMILES string of the molecule is CC(C)(C)n1nc([N+](=O)[O-])c2ccccc21. The van der Waals surface area contributed by atoms with Gasteiger partial charge in [0.1, 0.15) is 5.39 Å². The van der Waals surface area contributed by atoms with Crippen molar-refractivity contribution in [3.63, 3.8) is 0 Å². The molecule has 0 N–H and O–H groups in total. The first-order valence-corrected chi connectivity index (χ1v) is 5.04. The van der Waals surface area contributed by atoms with Crippen LogP contribution in [0.15, 0.2) is 24.3 Å². The van der Waals surface area contributed by atoms with Crippen molar-refractivity contribution in [1.29, 1.82) is 0 Å². The van der Waals surface area contributed by atoms with Crippen molar-refractivity contribution < 1.29 is 4.92 Å². The number of para-hydroxylation sites is 1. The van der Waals surface area contributed by atoms with Gasteiger partial charge < -0.3 is 10.1 Å². The molecular formula is C11H13N3O2. The van der Waals surface area contributed by atoms with E-state index in [4.69, 9.17) is 0 Å². The molecule has 0 atom stereocenters. The molecule has 16 heavy (non-hydrogen) atoms. The lowest BCUT2D eigenvalue weighted by molar-refractivity contribution is -0.388. The molecule has 0 unspecified atom stereocenters. The zero-order valence-corrected chi connectivity index (χ0v) is 9.47. The van der Waals surface area contributed by atoms with E-state index >= 15 is 0 Å². The molecule has 0 saturated carbocycles. The summed E-state index contributed by atoms with van der Waals surface area (Å²) in [7, 11) is 0. The van der Waals surface area contributed by atoms with Gasteiger partial charge in [-0.05, 0) is 37.8 Å². The van der Waals surface area contributed by atoms with Crippen molar-refractivity contribution in [3.05, 3.63) is 34.4 Å². The summed E-state index contributed by atoms with van der Waals surface area (Å²) >= 11 is 0. The Hall–Kier alpha value is -1.91. The molecule has 0 spiro atoms. The van der Waals surface area contributed by atoms with Crippen molar-refractivity contribution in [2.24, 2.45) is 0 Å². The summed E-state index contributed by atoms with van der Waals surface area (Å²) in [5.41, 5.74) is 0.523. The number of hydrogen-bond donors (Lipinski definition) is 0. The molecule has 5 heteroatoms. The summed E-state index contributed by atoms with van der Waals surface area (Å²) in [6.07, 6.45) is 0. The summed E-state index contributed by atoms with van der Waals surface area (Å²) in [5.74, 6) is -0.0782. The minimum absolute atomic E-state index is 0.0782. The topological polar surface area (TPSA) is 61.0 Å². The van der Waals surface area contributed by atoms with E-state index in [0.29, 0.717) is 5.39 Å². The van der Waals surface area contributed by atoms with Gasteiger partial charge in [-0.25, -0.2) is 0 Å². The summed E-state index contributed by atoms with van der Waals surface area (Å²) in [6, 6.07) is 7.21. The molecule has 1 aromatic heterocycles. The van der Waals surface area contributed by atoms with Crippen LogP contribution in [0.25, 0.3) is 10.9 Å². The Kier molecular flexibility index (Phi) is 2.18. The van der Waals surface area contributed by atoms with Crippen LogP contribution in [0.5, 0.6) is 0 Å². The molecule has 0 saturated heterocycles. The summed E-state index contributed by atoms with van der Waals surface area (Å²) in [4.78, 5) is 10.4. The van der Waals surface area contributed by atoms with Crippen LogP contribution < -0.4 is 0 Å². The Bertz CT molecular complexity index is 552. The molecule has 1 aromatic carbocycles. The van der Waals surface area contributed by atoms with Crippen LogP contribution in [-0.4, -0.2) is 14.7 Å². The number of rotatable bonds is 1. The van der Waals surface area contributed by atoms with Gasteiger partial charge in [0, 0.05) is 0 Å². The quantitative estimate of drug-likeness (QED) is 0.547. The minimum atomic E-state index is -0.440. The lowest BCUT2D eigenvalue weighted by atomic mass is 10.1. The van der Waals surface area contributed by atoms with Crippen molar-refractivity contribution in [3.8, 4) is 0 Å². The van der Waals surface area contributed by atoms with Gasteiger partial charge in [-0.1, -0.05) is 12.1 Å². The predicted molar refractivity (Wildman–Crippen MR) is 61.4 cm³/mol. The standard InChI is InChI=1S/C11H13N3O2/c1-11(2,3)13-9-7-5-4-6-8(9)10(12-13)14(15)16/h4-7H,1-3H3. The second-order valence-electron chi connectivity index (χ2n) is 4.68. The van der Waals surface area contributed by atoms with Crippen LogP contribution in [0, 0.1) is 10.1 Å². The van der Waals surface area contributed by atoms with Crippen molar-refractivity contribution >= 4 is 16.7 Å².